The average Bonchev–Trinajstić information content (AvgIpc) is 2.74. The molecule has 0 atom stereocenters. The molecule has 3 N–H and O–H groups in total. The normalized spacial score (nSPS) is 11.7. The van der Waals surface area contributed by atoms with Crippen LogP contribution >= 0.6 is 11.3 Å². The van der Waals surface area contributed by atoms with Gasteiger partial charge in [0.15, 0.2) is 5.13 Å². The summed E-state index contributed by atoms with van der Waals surface area (Å²) in [4.78, 5) is 15.5. The van der Waals surface area contributed by atoms with Crippen molar-refractivity contribution in [2.75, 3.05) is 31.6 Å². The van der Waals surface area contributed by atoms with E-state index in [-0.39, 0.29) is 11.6 Å². The molecule has 0 fully saturated rings. The Morgan fingerprint density at radius 3 is 2.74 bits per heavy atom. The van der Waals surface area contributed by atoms with Crippen LogP contribution in [0.1, 0.15) is 23.8 Å². The van der Waals surface area contributed by atoms with Gasteiger partial charge in [-0.1, -0.05) is 6.92 Å². The zero-order valence-electron chi connectivity index (χ0n) is 10.9. The molecule has 108 valence electrons. The number of carbonyl (C=O) groups excluding carboxylic acids is 1. The van der Waals surface area contributed by atoms with E-state index in [2.05, 4.69) is 10.3 Å². The largest absolute Gasteiger partial charge is 0.375 e. The number of hydrogen-bond acceptors (Lipinski definition) is 6. The summed E-state index contributed by atoms with van der Waals surface area (Å²) < 4.78 is 24.0. The van der Waals surface area contributed by atoms with Gasteiger partial charge in [-0.3, -0.25) is 4.79 Å². The van der Waals surface area contributed by atoms with Crippen LogP contribution in [0.25, 0.3) is 0 Å². The summed E-state index contributed by atoms with van der Waals surface area (Å²) in [5.41, 5.74) is 5.72. The molecule has 0 aromatic carbocycles. The third-order valence-corrected chi connectivity index (χ3v) is 4.50. The number of carbonyl (C=O) groups is 1. The van der Waals surface area contributed by atoms with Crippen LogP contribution < -0.4 is 11.1 Å². The van der Waals surface area contributed by atoms with Gasteiger partial charge in [-0.2, -0.15) is 0 Å². The summed E-state index contributed by atoms with van der Waals surface area (Å²) in [6.07, 6.45) is 1.72. The van der Waals surface area contributed by atoms with Crippen molar-refractivity contribution in [1.29, 1.82) is 0 Å². The Hall–Kier alpha value is -1.19. The highest BCUT2D eigenvalue weighted by atomic mass is 32.2. The minimum atomic E-state index is -3.17. The van der Waals surface area contributed by atoms with Gasteiger partial charge in [0.1, 0.15) is 5.69 Å². The minimum Gasteiger partial charge on any atom is -0.375 e. The third-order valence-electron chi connectivity index (χ3n) is 2.45. The molecule has 1 amide bonds. The molecule has 0 spiro atoms. The first-order valence-electron chi connectivity index (χ1n) is 5.79. The maximum absolute atomic E-state index is 11.6. The van der Waals surface area contributed by atoms with Gasteiger partial charge in [-0.25, -0.2) is 17.7 Å². The van der Waals surface area contributed by atoms with Crippen molar-refractivity contribution in [3.8, 4) is 0 Å². The molecule has 9 heteroatoms. The zero-order valence-corrected chi connectivity index (χ0v) is 12.6. The molecule has 0 aliphatic carbocycles. The van der Waals surface area contributed by atoms with E-state index >= 15 is 0 Å². The highest BCUT2D eigenvalue weighted by Gasteiger charge is 2.14. The number of thiazole rings is 1. The quantitative estimate of drug-likeness (QED) is 0.696. The van der Waals surface area contributed by atoms with Gasteiger partial charge in [-0.05, 0) is 6.42 Å². The summed E-state index contributed by atoms with van der Waals surface area (Å²) in [7, 11) is -3.17. The number of amides is 1. The predicted octanol–water partition coefficient (Wildman–Crippen LogP) is 0.127. The number of sulfonamides is 1. The first kappa shape index (κ1) is 15.9. The zero-order chi connectivity index (χ0) is 14.5. The number of hydrogen-bond donors (Lipinski definition) is 2. The number of rotatable bonds is 7. The lowest BCUT2D eigenvalue weighted by Crippen LogP contribution is -2.33. The van der Waals surface area contributed by atoms with Crippen LogP contribution in [0.4, 0.5) is 5.13 Å². The van der Waals surface area contributed by atoms with Crippen LogP contribution in [0.5, 0.6) is 0 Å². The second-order valence-electron chi connectivity index (χ2n) is 3.94. The van der Waals surface area contributed by atoms with Crippen LogP contribution in [0.3, 0.4) is 0 Å². The SMILES string of the molecule is CCN(CCCNC(=O)c1csc(N)n1)S(C)(=O)=O. The molecule has 19 heavy (non-hydrogen) atoms. The molecule has 1 aromatic rings. The highest BCUT2D eigenvalue weighted by Crippen LogP contribution is 2.10. The number of anilines is 1. The lowest BCUT2D eigenvalue weighted by molar-refractivity contribution is 0.0948. The van der Waals surface area contributed by atoms with Crippen LogP contribution in [-0.4, -0.2) is 49.5 Å². The van der Waals surface area contributed by atoms with E-state index in [0.717, 1.165) is 0 Å². The molecule has 1 heterocycles. The fourth-order valence-electron chi connectivity index (χ4n) is 1.50. The Balaban J connectivity index is 2.33. The first-order chi connectivity index (χ1) is 8.84. The summed E-state index contributed by atoms with van der Waals surface area (Å²) in [5, 5.41) is 4.60. The molecule has 0 unspecified atom stereocenters. The van der Waals surface area contributed by atoms with Gasteiger partial charge in [0, 0.05) is 25.0 Å². The lowest BCUT2D eigenvalue weighted by Gasteiger charge is -2.17. The number of nitrogen functional groups attached to an aromatic ring is 1. The van der Waals surface area contributed by atoms with Gasteiger partial charge < -0.3 is 11.1 Å². The maximum Gasteiger partial charge on any atom is 0.270 e. The van der Waals surface area contributed by atoms with Crippen LogP contribution in [0.2, 0.25) is 0 Å². The molecule has 7 nitrogen and oxygen atoms in total. The fourth-order valence-corrected chi connectivity index (χ4v) is 2.97. The summed E-state index contributed by atoms with van der Waals surface area (Å²) in [6.45, 7) is 2.98. The van der Waals surface area contributed by atoms with Crippen molar-refractivity contribution >= 4 is 32.4 Å². The molecular weight excluding hydrogens is 288 g/mol. The van der Waals surface area contributed by atoms with E-state index in [0.29, 0.717) is 31.2 Å². The fraction of sp³-hybridized carbons (Fsp3) is 0.600. The Labute approximate surface area is 116 Å². The third kappa shape index (κ3) is 5.13. The Bertz CT molecular complexity index is 527. The van der Waals surface area contributed by atoms with Crippen molar-refractivity contribution in [2.45, 2.75) is 13.3 Å². The van der Waals surface area contributed by atoms with Crippen molar-refractivity contribution in [1.82, 2.24) is 14.6 Å². The van der Waals surface area contributed by atoms with E-state index in [1.54, 1.807) is 12.3 Å². The van der Waals surface area contributed by atoms with E-state index in [4.69, 9.17) is 5.73 Å². The molecule has 1 aromatic heterocycles. The summed E-state index contributed by atoms with van der Waals surface area (Å²) >= 11 is 1.20. The molecule has 0 saturated heterocycles. The minimum absolute atomic E-state index is 0.290. The Morgan fingerprint density at radius 2 is 2.26 bits per heavy atom. The van der Waals surface area contributed by atoms with Crippen LogP contribution in [0, 0.1) is 0 Å². The van der Waals surface area contributed by atoms with Gasteiger partial charge in [0.25, 0.3) is 5.91 Å². The molecule has 0 aliphatic rings. The van der Waals surface area contributed by atoms with E-state index in [1.165, 1.54) is 21.9 Å². The van der Waals surface area contributed by atoms with Crippen molar-refractivity contribution in [2.24, 2.45) is 0 Å². The molecule has 0 aliphatic heterocycles. The van der Waals surface area contributed by atoms with E-state index < -0.39 is 10.0 Å². The maximum atomic E-state index is 11.6. The van der Waals surface area contributed by atoms with Gasteiger partial charge in [-0.15, -0.1) is 11.3 Å². The van der Waals surface area contributed by atoms with Crippen molar-refractivity contribution < 1.29 is 13.2 Å². The molecule has 0 bridgehead atoms. The predicted molar refractivity (Wildman–Crippen MR) is 75.6 cm³/mol. The monoisotopic (exact) mass is 306 g/mol. The molecule has 0 radical (unpaired) electrons. The average molecular weight is 306 g/mol. The van der Waals surface area contributed by atoms with Crippen LogP contribution in [0.15, 0.2) is 5.38 Å². The number of aromatic nitrogens is 1. The van der Waals surface area contributed by atoms with Crippen molar-refractivity contribution in [3.05, 3.63) is 11.1 Å². The number of nitrogens with zero attached hydrogens (tertiary/aromatic N) is 2. The summed E-state index contributed by atoms with van der Waals surface area (Å²) in [6, 6.07) is 0. The molecule has 0 saturated carbocycles. The van der Waals surface area contributed by atoms with Gasteiger partial charge >= 0.3 is 0 Å². The molecular formula is C10H18N4O3S2. The second-order valence-corrected chi connectivity index (χ2v) is 6.81. The van der Waals surface area contributed by atoms with Gasteiger partial charge in [0.05, 0.1) is 6.26 Å². The Kier molecular flexibility index (Phi) is 5.70. The number of nitrogens with two attached hydrogens (primary N) is 1. The second kappa shape index (κ2) is 6.83. The van der Waals surface area contributed by atoms with Gasteiger partial charge in [0.2, 0.25) is 10.0 Å². The topological polar surface area (TPSA) is 105 Å². The Morgan fingerprint density at radius 1 is 1.58 bits per heavy atom. The van der Waals surface area contributed by atoms with E-state index in [9.17, 15) is 13.2 Å². The lowest BCUT2D eigenvalue weighted by atomic mass is 10.4. The standard InChI is InChI=1S/C10H18N4O3S2/c1-3-14(19(2,16)17)6-4-5-12-9(15)8-7-18-10(11)13-8/h7H,3-6H2,1-2H3,(H2,11,13)(H,12,15). The van der Waals surface area contributed by atoms with E-state index in [1.807, 2.05) is 0 Å². The smallest absolute Gasteiger partial charge is 0.270 e. The highest BCUT2D eigenvalue weighted by molar-refractivity contribution is 7.88. The van der Waals surface area contributed by atoms with Crippen LogP contribution in [-0.2, 0) is 10.0 Å². The summed E-state index contributed by atoms with van der Waals surface area (Å²) in [5.74, 6) is -0.296. The number of nitrogens with one attached hydrogen (secondary N) is 1. The van der Waals surface area contributed by atoms with Crippen molar-refractivity contribution in [3.63, 3.8) is 0 Å². The first-order valence-corrected chi connectivity index (χ1v) is 8.51. The molecule has 1 rings (SSSR count).